The largest absolute Gasteiger partial charge is 0.491 e. The fraction of sp³-hybridized carbons (Fsp3) is 0.269. The summed E-state index contributed by atoms with van der Waals surface area (Å²) >= 11 is 4.99. The number of esters is 1. The molecule has 2 aromatic carbocycles. The van der Waals surface area contributed by atoms with Crippen molar-refractivity contribution in [2.45, 2.75) is 31.7 Å². The lowest BCUT2D eigenvalue weighted by atomic mass is 10.0. The van der Waals surface area contributed by atoms with Gasteiger partial charge in [-0.1, -0.05) is 18.2 Å². The molecule has 0 saturated carbocycles. The third-order valence-electron chi connectivity index (χ3n) is 6.36. The van der Waals surface area contributed by atoms with Crippen LogP contribution in [0.4, 0.5) is 13.2 Å². The molecule has 4 N–H and O–H groups in total. The minimum absolute atomic E-state index is 0.0580. The van der Waals surface area contributed by atoms with E-state index < -0.39 is 29.8 Å². The average molecular weight is 573 g/mol. The minimum Gasteiger partial charge on any atom is -0.489 e. The van der Waals surface area contributed by atoms with Gasteiger partial charge in [-0.05, 0) is 43.4 Å². The molecule has 1 aliphatic heterocycles. The number of halogens is 3. The Bertz CT molecular complexity index is 1640. The number of fused-ring (bicyclic) bond motifs is 1. The number of nitrogens with zero attached hydrogens (tertiary/aromatic N) is 2. The molecule has 14 heteroatoms. The number of aryl methyl sites for hydroxylation is 1. The van der Waals surface area contributed by atoms with E-state index in [4.69, 9.17) is 17.0 Å². The fourth-order valence-corrected chi connectivity index (χ4v) is 4.67. The molecule has 0 bridgehead atoms. The van der Waals surface area contributed by atoms with Crippen molar-refractivity contribution < 1.29 is 32.2 Å². The van der Waals surface area contributed by atoms with E-state index >= 15 is 0 Å². The van der Waals surface area contributed by atoms with Gasteiger partial charge in [-0.2, -0.15) is 13.2 Å². The lowest BCUT2D eigenvalue weighted by molar-refractivity contribution is -0.189. The van der Waals surface area contributed by atoms with E-state index in [1.807, 2.05) is 37.3 Å². The number of aromatic nitrogens is 4. The van der Waals surface area contributed by atoms with E-state index in [0.29, 0.717) is 18.9 Å². The number of pyridine rings is 1. The van der Waals surface area contributed by atoms with Gasteiger partial charge in [0.1, 0.15) is 23.9 Å². The highest BCUT2D eigenvalue weighted by Gasteiger charge is 2.42. The number of aromatic amines is 2. The number of carbonyl (C=O) groups is 2. The maximum Gasteiger partial charge on any atom is 0.491 e. The van der Waals surface area contributed by atoms with Crippen molar-refractivity contribution in [1.29, 1.82) is 0 Å². The van der Waals surface area contributed by atoms with Crippen LogP contribution in [0.1, 0.15) is 33.4 Å². The quantitative estimate of drug-likeness (QED) is 0.149. The van der Waals surface area contributed by atoms with Gasteiger partial charge in [0.15, 0.2) is 0 Å². The maximum absolute atomic E-state index is 13.2. The average Bonchev–Trinajstić information content (AvgIpc) is 3.55. The van der Waals surface area contributed by atoms with Crippen molar-refractivity contribution in [3.63, 3.8) is 0 Å². The number of carbonyl (C=O) groups excluding carboxylic acids is 2. The Morgan fingerprint density at radius 2 is 1.90 bits per heavy atom. The molecule has 1 saturated heterocycles. The predicted octanol–water partition coefficient (Wildman–Crippen LogP) is 3.86. The number of hydrogen-bond donors (Lipinski definition) is 4. The van der Waals surface area contributed by atoms with Crippen molar-refractivity contribution in [3.8, 4) is 11.5 Å². The molecule has 208 valence electrons. The summed E-state index contributed by atoms with van der Waals surface area (Å²) in [6.07, 6.45) is -5.27. The van der Waals surface area contributed by atoms with Gasteiger partial charge in [0, 0.05) is 35.8 Å². The van der Waals surface area contributed by atoms with E-state index in [-0.39, 0.29) is 28.6 Å². The highest BCUT2D eigenvalue weighted by atomic mass is 32.1. The fourth-order valence-electron chi connectivity index (χ4n) is 4.52. The van der Waals surface area contributed by atoms with Crippen molar-refractivity contribution >= 4 is 35.0 Å². The number of amides is 1. The summed E-state index contributed by atoms with van der Waals surface area (Å²) in [5.41, 5.74) is 2.07. The van der Waals surface area contributed by atoms with Gasteiger partial charge < -0.3 is 20.1 Å². The molecule has 1 amide bonds. The first-order valence-electron chi connectivity index (χ1n) is 12.2. The zero-order valence-electron chi connectivity index (χ0n) is 21.0. The van der Waals surface area contributed by atoms with Gasteiger partial charge in [-0.15, -0.1) is 0 Å². The van der Waals surface area contributed by atoms with Crippen LogP contribution in [-0.2, 0) is 11.4 Å². The first-order chi connectivity index (χ1) is 19.1. The van der Waals surface area contributed by atoms with Crippen LogP contribution < -0.4 is 20.1 Å². The molecular weight excluding hydrogens is 549 g/mol. The third kappa shape index (κ3) is 5.97. The lowest BCUT2D eigenvalue weighted by Gasteiger charge is -2.19. The standard InChI is InChI=1S/C26H23F3N6O4S/c1-13-8-14(16-4-2-3-5-19(16)31-13)12-38-15-6-7-17(21(9-15)39-24(37)26(27,28)29)23(36)32-20-11-30-10-18(20)22-33-25(40)35-34-22/h2-9,18,20,30H,10-12H2,1H3,(H,32,36)(H2,33,34,35,40)/t18-,20+/m0/s1. The number of rotatable bonds is 7. The summed E-state index contributed by atoms with van der Waals surface area (Å²) in [5.74, 6) is -3.44. The molecule has 2 aromatic heterocycles. The minimum atomic E-state index is -5.27. The molecule has 2 atom stereocenters. The molecule has 0 aliphatic carbocycles. The van der Waals surface area contributed by atoms with E-state index in [9.17, 15) is 22.8 Å². The summed E-state index contributed by atoms with van der Waals surface area (Å²) in [5, 5.41) is 12.3. The van der Waals surface area contributed by atoms with Gasteiger partial charge in [-0.3, -0.25) is 20.0 Å². The number of benzene rings is 2. The molecule has 1 aliphatic rings. The Labute approximate surface area is 230 Å². The number of para-hydroxylation sites is 1. The highest BCUT2D eigenvalue weighted by Crippen LogP contribution is 2.30. The number of hydrogen-bond acceptors (Lipinski definition) is 8. The van der Waals surface area contributed by atoms with E-state index in [1.54, 1.807) is 0 Å². The predicted molar refractivity (Wildman–Crippen MR) is 140 cm³/mol. The summed E-state index contributed by atoms with van der Waals surface area (Å²) in [4.78, 5) is 33.6. The Kier molecular flexibility index (Phi) is 7.54. The number of nitrogens with one attached hydrogen (secondary N) is 4. The molecule has 0 unspecified atom stereocenters. The second-order valence-electron chi connectivity index (χ2n) is 9.17. The molecule has 3 heterocycles. The van der Waals surface area contributed by atoms with Crippen LogP contribution in [0.2, 0.25) is 0 Å². The zero-order valence-corrected chi connectivity index (χ0v) is 21.8. The molecular formula is C26H23F3N6O4S. The van der Waals surface area contributed by atoms with Crippen molar-refractivity contribution in [1.82, 2.24) is 30.8 Å². The Balaban J connectivity index is 1.39. The number of alkyl halides is 3. The topological polar surface area (TPSA) is 134 Å². The van der Waals surface area contributed by atoms with Crippen LogP contribution in [0.5, 0.6) is 11.5 Å². The van der Waals surface area contributed by atoms with E-state index in [0.717, 1.165) is 28.2 Å². The van der Waals surface area contributed by atoms with E-state index in [1.165, 1.54) is 12.1 Å². The SMILES string of the molecule is Cc1cc(COc2ccc(C(=O)N[C@@H]3CNC[C@@H]3c3nc(=S)[nH][nH]3)c(OC(=O)C(F)(F)F)c2)c2ccccc2n1. The second-order valence-corrected chi connectivity index (χ2v) is 9.56. The first kappa shape index (κ1) is 27.3. The summed E-state index contributed by atoms with van der Waals surface area (Å²) in [7, 11) is 0. The maximum atomic E-state index is 13.2. The summed E-state index contributed by atoms with van der Waals surface area (Å²) < 4.78 is 49.9. The van der Waals surface area contributed by atoms with Crippen LogP contribution >= 0.6 is 12.2 Å². The monoisotopic (exact) mass is 572 g/mol. The van der Waals surface area contributed by atoms with Crippen LogP contribution in [0.25, 0.3) is 10.9 Å². The van der Waals surface area contributed by atoms with Crippen molar-refractivity contribution in [2.75, 3.05) is 13.1 Å². The van der Waals surface area contributed by atoms with E-state index in [2.05, 4.69) is 35.5 Å². The van der Waals surface area contributed by atoms with Gasteiger partial charge in [0.05, 0.1) is 23.0 Å². The lowest BCUT2D eigenvalue weighted by Crippen LogP contribution is -2.40. The molecule has 0 spiro atoms. The normalized spacial score (nSPS) is 17.1. The number of ether oxygens (including phenoxy) is 2. The number of H-pyrrole nitrogens is 2. The molecule has 40 heavy (non-hydrogen) atoms. The third-order valence-corrected chi connectivity index (χ3v) is 6.55. The van der Waals surface area contributed by atoms with Gasteiger partial charge in [0.25, 0.3) is 5.91 Å². The first-order valence-corrected chi connectivity index (χ1v) is 12.6. The van der Waals surface area contributed by atoms with Crippen LogP contribution in [0, 0.1) is 11.7 Å². The van der Waals surface area contributed by atoms with Crippen molar-refractivity contribution in [2.24, 2.45) is 0 Å². The van der Waals surface area contributed by atoms with Crippen molar-refractivity contribution in [3.05, 3.63) is 75.9 Å². The molecule has 4 aromatic rings. The molecule has 1 fully saturated rings. The van der Waals surface area contributed by atoms with Gasteiger partial charge in [0.2, 0.25) is 4.77 Å². The van der Waals surface area contributed by atoms with Crippen LogP contribution in [-0.4, -0.2) is 57.3 Å². The highest BCUT2D eigenvalue weighted by molar-refractivity contribution is 7.71. The zero-order chi connectivity index (χ0) is 28.4. The van der Waals surface area contributed by atoms with Crippen LogP contribution in [0.3, 0.4) is 0 Å². The summed E-state index contributed by atoms with van der Waals surface area (Å²) in [6.45, 7) is 2.75. The smallest absolute Gasteiger partial charge is 0.489 e. The Morgan fingerprint density at radius 3 is 2.65 bits per heavy atom. The van der Waals surface area contributed by atoms with Gasteiger partial charge in [-0.25, -0.2) is 9.78 Å². The molecule has 10 nitrogen and oxygen atoms in total. The summed E-state index contributed by atoms with van der Waals surface area (Å²) in [6, 6.07) is 12.6. The Hall–Kier alpha value is -4.30. The molecule has 0 radical (unpaired) electrons. The van der Waals surface area contributed by atoms with Crippen LogP contribution in [0.15, 0.2) is 48.5 Å². The Morgan fingerprint density at radius 1 is 1.10 bits per heavy atom. The molecule has 5 rings (SSSR count). The second kappa shape index (κ2) is 11.1. The van der Waals surface area contributed by atoms with Gasteiger partial charge >= 0.3 is 12.1 Å².